The number of β-amino-alcohol motifs (C(OH)–C–C–N with tert-alkyl or cyclic N) is 1. The predicted octanol–water partition coefficient (Wildman–Crippen LogP) is 4.14. The molecule has 0 bridgehead atoms. The minimum absolute atomic E-state index is 0.0281. The number of rotatable bonds is 6. The summed E-state index contributed by atoms with van der Waals surface area (Å²) in [5.74, 6) is -0.141. The number of ketones is 1. The minimum Gasteiger partial charge on any atom is -0.508 e. The van der Waals surface area contributed by atoms with Crippen LogP contribution in [0.1, 0.15) is 34.3 Å². The van der Waals surface area contributed by atoms with E-state index in [9.17, 15) is 19.8 Å². The van der Waals surface area contributed by atoms with Crippen LogP contribution in [-0.4, -0.2) is 45.5 Å². The molecule has 3 aromatic carbocycles. The molecule has 2 atom stereocenters. The van der Waals surface area contributed by atoms with Gasteiger partial charge in [-0.2, -0.15) is 0 Å². The number of aliphatic hydroxyl groups is 1. The molecule has 5 nitrogen and oxygen atoms in total. The molecule has 5 heteroatoms. The number of aliphatic hydroxyl groups excluding tert-OH is 1. The average Bonchev–Trinajstić information content (AvgIpc) is 3.20. The SMILES string of the molecule is Cc1ccc(CCC(=O)[C@@H]2C[C@@H](O)CN2C(=O)c2cccc(-c3cccc(O)c3)c2)cc1. The van der Waals surface area contributed by atoms with E-state index in [1.807, 2.05) is 43.3 Å². The number of hydrogen-bond acceptors (Lipinski definition) is 4. The van der Waals surface area contributed by atoms with Crippen molar-refractivity contribution in [3.8, 4) is 16.9 Å². The third-order valence-corrected chi connectivity index (χ3v) is 5.98. The summed E-state index contributed by atoms with van der Waals surface area (Å²) in [5, 5.41) is 20.0. The van der Waals surface area contributed by atoms with Crippen molar-refractivity contribution in [2.75, 3.05) is 6.54 Å². The van der Waals surface area contributed by atoms with E-state index in [1.54, 1.807) is 36.4 Å². The smallest absolute Gasteiger partial charge is 0.254 e. The lowest BCUT2D eigenvalue weighted by Gasteiger charge is -2.24. The van der Waals surface area contributed by atoms with Crippen molar-refractivity contribution in [2.45, 2.75) is 38.3 Å². The first-order valence-electron chi connectivity index (χ1n) is 10.9. The normalized spacial score (nSPS) is 18.0. The van der Waals surface area contributed by atoms with E-state index in [-0.39, 0.29) is 30.4 Å². The molecule has 1 fully saturated rings. The fraction of sp³-hybridized carbons (Fsp3) is 0.259. The molecular weight excluding hydrogens is 402 g/mol. The number of phenols is 1. The quantitative estimate of drug-likeness (QED) is 0.617. The Kier molecular flexibility index (Phi) is 6.37. The molecule has 1 heterocycles. The van der Waals surface area contributed by atoms with Crippen LogP contribution in [0.4, 0.5) is 0 Å². The molecule has 0 saturated carbocycles. The Hall–Kier alpha value is -3.44. The Morgan fingerprint density at radius 2 is 1.66 bits per heavy atom. The topological polar surface area (TPSA) is 77.8 Å². The van der Waals surface area contributed by atoms with Gasteiger partial charge in [0.05, 0.1) is 12.1 Å². The molecule has 3 aromatic rings. The van der Waals surface area contributed by atoms with E-state index < -0.39 is 12.1 Å². The summed E-state index contributed by atoms with van der Waals surface area (Å²) in [7, 11) is 0. The molecule has 1 aliphatic heterocycles. The fourth-order valence-electron chi connectivity index (χ4n) is 4.22. The largest absolute Gasteiger partial charge is 0.508 e. The van der Waals surface area contributed by atoms with Crippen molar-refractivity contribution in [2.24, 2.45) is 0 Å². The fourth-order valence-corrected chi connectivity index (χ4v) is 4.22. The van der Waals surface area contributed by atoms with Crippen molar-refractivity contribution in [1.29, 1.82) is 0 Å². The predicted molar refractivity (Wildman–Crippen MR) is 123 cm³/mol. The lowest BCUT2D eigenvalue weighted by molar-refractivity contribution is -0.122. The molecule has 1 aliphatic rings. The zero-order valence-electron chi connectivity index (χ0n) is 18.1. The number of likely N-dealkylation sites (tertiary alicyclic amines) is 1. The van der Waals surface area contributed by atoms with E-state index in [1.165, 1.54) is 10.5 Å². The van der Waals surface area contributed by atoms with Gasteiger partial charge in [0.2, 0.25) is 0 Å². The van der Waals surface area contributed by atoms with Crippen molar-refractivity contribution < 1.29 is 19.8 Å². The van der Waals surface area contributed by atoms with Gasteiger partial charge in [-0.3, -0.25) is 9.59 Å². The Balaban J connectivity index is 1.50. The van der Waals surface area contributed by atoms with Crippen LogP contribution in [0.5, 0.6) is 5.75 Å². The Bertz CT molecular complexity index is 1120. The Morgan fingerprint density at radius 1 is 0.969 bits per heavy atom. The molecule has 0 aromatic heterocycles. The second-order valence-corrected chi connectivity index (χ2v) is 8.45. The summed E-state index contributed by atoms with van der Waals surface area (Å²) in [4.78, 5) is 27.8. The van der Waals surface area contributed by atoms with Crippen LogP contribution in [0.15, 0.2) is 72.8 Å². The number of aryl methyl sites for hydroxylation is 2. The van der Waals surface area contributed by atoms with Gasteiger partial charge in [0.25, 0.3) is 5.91 Å². The molecule has 2 N–H and O–H groups in total. The molecule has 32 heavy (non-hydrogen) atoms. The molecule has 1 saturated heterocycles. The number of carbonyl (C=O) groups is 2. The van der Waals surface area contributed by atoms with Crippen LogP contribution < -0.4 is 0 Å². The summed E-state index contributed by atoms with van der Waals surface area (Å²) < 4.78 is 0. The number of phenolic OH excluding ortho intramolecular Hbond substituents is 1. The van der Waals surface area contributed by atoms with Gasteiger partial charge in [-0.1, -0.05) is 54.1 Å². The third-order valence-electron chi connectivity index (χ3n) is 5.98. The summed E-state index contributed by atoms with van der Waals surface area (Å²) in [5.41, 5.74) is 4.31. The molecule has 164 valence electrons. The number of aromatic hydroxyl groups is 1. The van der Waals surface area contributed by atoms with Crippen LogP contribution in [0, 0.1) is 6.92 Å². The summed E-state index contributed by atoms with van der Waals surface area (Å²) >= 11 is 0. The number of amides is 1. The van der Waals surface area contributed by atoms with E-state index in [0.29, 0.717) is 18.4 Å². The van der Waals surface area contributed by atoms with Gasteiger partial charge in [-0.15, -0.1) is 0 Å². The maximum Gasteiger partial charge on any atom is 0.254 e. The molecule has 1 amide bonds. The van der Waals surface area contributed by atoms with Crippen molar-refractivity contribution in [3.63, 3.8) is 0 Å². The Morgan fingerprint density at radius 3 is 2.38 bits per heavy atom. The summed E-state index contributed by atoms with van der Waals surface area (Å²) in [6, 6.07) is 21.4. The lowest BCUT2D eigenvalue weighted by Crippen LogP contribution is -2.40. The van der Waals surface area contributed by atoms with E-state index in [2.05, 4.69) is 0 Å². The number of nitrogens with zero attached hydrogens (tertiary/aromatic N) is 1. The number of carbonyl (C=O) groups excluding carboxylic acids is 2. The highest BCUT2D eigenvalue weighted by molar-refractivity contribution is 5.99. The van der Waals surface area contributed by atoms with Crippen LogP contribution >= 0.6 is 0 Å². The second kappa shape index (κ2) is 9.37. The van der Waals surface area contributed by atoms with E-state index >= 15 is 0 Å². The first-order chi connectivity index (χ1) is 15.4. The monoisotopic (exact) mass is 429 g/mol. The van der Waals surface area contributed by atoms with Gasteiger partial charge in [0.15, 0.2) is 5.78 Å². The first-order valence-corrected chi connectivity index (χ1v) is 10.9. The zero-order chi connectivity index (χ0) is 22.7. The van der Waals surface area contributed by atoms with Crippen molar-refractivity contribution >= 4 is 11.7 Å². The summed E-state index contributed by atoms with van der Waals surface area (Å²) in [6.45, 7) is 2.17. The van der Waals surface area contributed by atoms with E-state index in [0.717, 1.165) is 16.7 Å². The number of hydrogen-bond donors (Lipinski definition) is 2. The van der Waals surface area contributed by atoms with Crippen LogP contribution in [0.25, 0.3) is 11.1 Å². The highest BCUT2D eigenvalue weighted by Gasteiger charge is 2.38. The molecular formula is C27H27NO4. The molecule has 0 radical (unpaired) electrons. The van der Waals surface area contributed by atoms with Crippen molar-refractivity contribution in [3.05, 3.63) is 89.5 Å². The molecule has 0 spiro atoms. The maximum absolute atomic E-state index is 13.3. The standard InChI is InChI=1S/C27H27NO4/c1-18-8-10-19(11-9-18)12-13-26(31)25-16-24(30)17-28(25)27(32)22-6-2-4-20(14-22)21-5-3-7-23(29)15-21/h2-11,14-15,24-25,29-30H,12-13,16-17H2,1H3/t24-,25+/m1/s1. The van der Waals surface area contributed by atoms with Crippen LogP contribution in [0.3, 0.4) is 0 Å². The first kappa shape index (κ1) is 21.8. The van der Waals surface area contributed by atoms with Crippen molar-refractivity contribution in [1.82, 2.24) is 4.90 Å². The molecule has 0 aliphatic carbocycles. The second-order valence-electron chi connectivity index (χ2n) is 8.45. The van der Waals surface area contributed by atoms with Crippen LogP contribution in [0.2, 0.25) is 0 Å². The lowest BCUT2D eigenvalue weighted by atomic mass is 9.99. The van der Waals surface area contributed by atoms with Crippen LogP contribution in [-0.2, 0) is 11.2 Å². The average molecular weight is 430 g/mol. The van der Waals surface area contributed by atoms with Gasteiger partial charge >= 0.3 is 0 Å². The zero-order valence-corrected chi connectivity index (χ0v) is 18.1. The molecule has 0 unspecified atom stereocenters. The molecule has 4 rings (SSSR count). The van der Waals surface area contributed by atoms with Gasteiger partial charge < -0.3 is 15.1 Å². The highest BCUT2D eigenvalue weighted by Crippen LogP contribution is 2.27. The van der Waals surface area contributed by atoms with Gasteiger partial charge in [0, 0.05) is 24.9 Å². The number of benzene rings is 3. The third kappa shape index (κ3) is 4.89. The number of Topliss-reactive ketones (excluding diaryl/α,β-unsaturated/α-hetero) is 1. The van der Waals surface area contributed by atoms with Gasteiger partial charge in [-0.25, -0.2) is 0 Å². The highest BCUT2D eigenvalue weighted by atomic mass is 16.3. The minimum atomic E-state index is -0.707. The van der Waals surface area contributed by atoms with Gasteiger partial charge in [0.1, 0.15) is 5.75 Å². The maximum atomic E-state index is 13.3. The Labute approximate surface area is 187 Å². The van der Waals surface area contributed by atoms with E-state index in [4.69, 9.17) is 0 Å². The van der Waals surface area contributed by atoms with Gasteiger partial charge in [-0.05, 0) is 54.3 Å². The summed E-state index contributed by atoms with van der Waals surface area (Å²) in [6.07, 6.45) is 0.500.